The van der Waals surface area contributed by atoms with E-state index < -0.39 is 0 Å². The summed E-state index contributed by atoms with van der Waals surface area (Å²) in [6.07, 6.45) is 0.839. The van der Waals surface area contributed by atoms with Gasteiger partial charge in [0.05, 0.1) is 24.4 Å². The van der Waals surface area contributed by atoms with E-state index in [0.717, 1.165) is 27.7 Å². The summed E-state index contributed by atoms with van der Waals surface area (Å²) < 4.78 is 12.7. The number of carbonyl (C=O) groups excluding carboxylic acids is 1. The summed E-state index contributed by atoms with van der Waals surface area (Å²) in [4.78, 5) is 22.0. The van der Waals surface area contributed by atoms with Gasteiger partial charge in [-0.2, -0.15) is 0 Å². The summed E-state index contributed by atoms with van der Waals surface area (Å²) in [6, 6.07) is 11.2. The van der Waals surface area contributed by atoms with Crippen LogP contribution in [-0.2, 0) is 0 Å². The van der Waals surface area contributed by atoms with Gasteiger partial charge >= 0.3 is 0 Å². The highest BCUT2D eigenvalue weighted by Gasteiger charge is 2.22. The molecule has 6 nitrogen and oxygen atoms in total. The van der Waals surface area contributed by atoms with Crippen LogP contribution in [0.1, 0.15) is 16.8 Å². The highest BCUT2D eigenvalue weighted by molar-refractivity contribution is 9.10. The maximum Gasteiger partial charge on any atom is 0.260 e. The van der Waals surface area contributed by atoms with Gasteiger partial charge in [0.1, 0.15) is 0 Å². The van der Waals surface area contributed by atoms with Crippen LogP contribution in [0.2, 0.25) is 0 Å². The molecule has 1 amide bonds. The SMILES string of the molecule is COc1ccc(C(=O)N(CCCN(C)C)c2nc3ccc(Br)cc3s2)cc1OC.Cl. The van der Waals surface area contributed by atoms with Crippen molar-refractivity contribution in [3.63, 3.8) is 0 Å². The maximum atomic E-state index is 13.4. The van der Waals surface area contributed by atoms with E-state index in [9.17, 15) is 4.79 Å². The number of rotatable bonds is 8. The van der Waals surface area contributed by atoms with Gasteiger partial charge in [-0.3, -0.25) is 9.69 Å². The van der Waals surface area contributed by atoms with Crippen LogP contribution in [0.3, 0.4) is 0 Å². The highest BCUT2D eigenvalue weighted by atomic mass is 79.9. The van der Waals surface area contributed by atoms with Crippen molar-refractivity contribution >= 4 is 60.9 Å². The molecule has 2 aromatic carbocycles. The molecular formula is C21H25BrClN3O3S. The second kappa shape index (κ2) is 10.9. The molecule has 0 atom stereocenters. The third-order valence-electron chi connectivity index (χ3n) is 4.43. The lowest BCUT2D eigenvalue weighted by molar-refractivity contribution is 0.0985. The molecule has 1 aromatic heterocycles. The molecule has 0 aliphatic carbocycles. The number of carbonyl (C=O) groups is 1. The number of methoxy groups -OCH3 is 2. The molecular weight excluding hydrogens is 490 g/mol. The average molecular weight is 515 g/mol. The Morgan fingerprint density at radius 1 is 1.07 bits per heavy atom. The minimum Gasteiger partial charge on any atom is -0.493 e. The van der Waals surface area contributed by atoms with E-state index in [1.807, 2.05) is 32.3 Å². The molecule has 0 fully saturated rings. The Hall–Kier alpha value is -1.87. The zero-order valence-electron chi connectivity index (χ0n) is 17.3. The van der Waals surface area contributed by atoms with Gasteiger partial charge in [0.25, 0.3) is 5.91 Å². The zero-order chi connectivity index (χ0) is 21.0. The van der Waals surface area contributed by atoms with Crippen molar-refractivity contribution in [2.24, 2.45) is 0 Å². The van der Waals surface area contributed by atoms with Crippen molar-refractivity contribution in [1.82, 2.24) is 9.88 Å². The number of hydrogen-bond donors (Lipinski definition) is 0. The molecule has 30 heavy (non-hydrogen) atoms. The fourth-order valence-corrected chi connectivity index (χ4v) is 4.50. The molecule has 0 aliphatic heterocycles. The fraction of sp³-hybridized carbons (Fsp3) is 0.333. The lowest BCUT2D eigenvalue weighted by atomic mass is 10.1. The first-order chi connectivity index (χ1) is 13.9. The molecule has 0 saturated heterocycles. The molecule has 1 heterocycles. The number of anilines is 1. The Labute approximate surface area is 195 Å². The first-order valence-electron chi connectivity index (χ1n) is 9.17. The highest BCUT2D eigenvalue weighted by Crippen LogP contribution is 2.33. The van der Waals surface area contributed by atoms with Crippen LogP contribution in [0.5, 0.6) is 11.5 Å². The van der Waals surface area contributed by atoms with Gasteiger partial charge in [-0.1, -0.05) is 27.3 Å². The summed E-state index contributed by atoms with van der Waals surface area (Å²) in [5.41, 5.74) is 1.42. The molecule has 162 valence electrons. The molecule has 0 spiro atoms. The van der Waals surface area contributed by atoms with E-state index in [2.05, 4.69) is 20.8 Å². The molecule has 3 rings (SSSR count). The van der Waals surface area contributed by atoms with E-state index in [1.165, 1.54) is 11.3 Å². The van der Waals surface area contributed by atoms with Crippen molar-refractivity contribution in [3.05, 3.63) is 46.4 Å². The summed E-state index contributed by atoms with van der Waals surface area (Å²) in [5.74, 6) is 1.01. The van der Waals surface area contributed by atoms with Gasteiger partial charge in [-0.15, -0.1) is 12.4 Å². The molecule has 0 unspecified atom stereocenters. The van der Waals surface area contributed by atoms with Gasteiger partial charge in [0.2, 0.25) is 0 Å². The number of aromatic nitrogens is 1. The van der Waals surface area contributed by atoms with Gasteiger partial charge in [-0.05, 0) is 63.5 Å². The second-order valence-electron chi connectivity index (χ2n) is 6.79. The fourth-order valence-electron chi connectivity index (χ4n) is 2.96. The second-order valence-corrected chi connectivity index (χ2v) is 8.72. The van der Waals surface area contributed by atoms with Gasteiger partial charge < -0.3 is 14.4 Å². The van der Waals surface area contributed by atoms with Crippen molar-refractivity contribution in [2.45, 2.75) is 6.42 Å². The maximum absolute atomic E-state index is 13.4. The third-order valence-corrected chi connectivity index (χ3v) is 5.97. The number of amides is 1. The Morgan fingerprint density at radius 2 is 1.80 bits per heavy atom. The zero-order valence-corrected chi connectivity index (χ0v) is 20.6. The first-order valence-corrected chi connectivity index (χ1v) is 10.8. The third kappa shape index (κ3) is 5.63. The van der Waals surface area contributed by atoms with Crippen LogP contribution in [-0.4, -0.2) is 57.2 Å². The molecule has 0 radical (unpaired) electrons. The Morgan fingerprint density at radius 3 is 2.47 bits per heavy atom. The predicted molar refractivity (Wildman–Crippen MR) is 129 cm³/mol. The van der Waals surface area contributed by atoms with Crippen molar-refractivity contribution in [2.75, 3.05) is 46.3 Å². The number of thiazole rings is 1. The topological polar surface area (TPSA) is 54.9 Å². The van der Waals surface area contributed by atoms with Gasteiger partial charge in [0.15, 0.2) is 16.6 Å². The summed E-state index contributed by atoms with van der Waals surface area (Å²) in [7, 11) is 7.18. The number of halogens is 2. The Balaban J connectivity index is 0.00000320. The molecule has 0 saturated carbocycles. The molecule has 9 heteroatoms. The van der Waals surface area contributed by atoms with Crippen LogP contribution in [0, 0.1) is 0 Å². The van der Waals surface area contributed by atoms with Crippen molar-refractivity contribution < 1.29 is 14.3 Å². The molecule has 3 aromatic rings. The number of ether oxygens (including phenoxy) is 2. The van der Waals surface area contributed by atoms with Crippen LogP contribution >= 0.6 is 39.7 Å². The minimum atomic E-state index is -0.108. The number of hydrogen-bond acceptors (Lipinski definition) is 6. The smallest absolute Gasteiger partial charge is 0.260 e. The van der Waals surface area contributed by atoms with Crippen LogP contribution in [0.15, 0.2) is 40.9 Å². The van der Waals surface area contributed by atoms with Crippen LogP contribution in [0.4, 0.5) is 5.13 Å². The van der Waals surface area contributed by atoms with Gasteiger partial charge in [-0.25, -0.2) is 4.98 Å². The van der Waals surface area contributed by atoms with E-state index in [4.69, 9.17) is 14.5 Å². The summed E-state index contributed by atoms with van der Waals surface area (Å²) >= 11 is 5.01. The first kappa shape index (κ1) is 24.4. The van der Waals surface area contributed by atoms with Gasteiger partial charge in [0, 0.05) is 16.6 Å². The summed E-state index contributed by atoms with van der Waals surface area (Å²) in [5, 5.41) is 0.691. The standard InChI is InChI=1S/C21H24BrN3O3S.ClH/c1-24(2)10-5-11-25(21-23-16-8-7-15(22)13-19(16)29-21)20(26)14-6-9-17(27-3)18(12-14)28-4;/h6-9,12-13H,5,10-11H2,1-4H3;1H. The Bertz CT molecular complexity index is 1010. The van der Waals surface area contributed by atoms with Crippen molar-refractivity contribution in [3.8, 4) is 11.5 Å². The monoisotopic (exact) mass is 513 g/mol. The minimum absolute atomic E-state index is 0. The quantitative estimate of drug-likeness (QED) is 0.419. The Kier molecular flexibility index (Phi) is 8.91. The average Bonchev–Trinajstić information content (AvgIpc) is 3.12. The number of benzene rings is 2. The van der Waals surface area contributed by atoms with E-state index >= 15 is 0 Å². The lowest BCUT2D eigenvalue weighted by Crippen LogP contribution is -2.33. The number of fused-ring (bicyclic) bond motifs is 1. The largest absolute Gasteiger partial charge is 0.493 e. The lowest BCUT2D eigenvalue weighted by Gasteiger charge is -2.21. The van der Waals surface area contributed by atoms with Crippen LogP contribution < -0.4 is 14.4 Å². The molecule has 0 bridgehead atoms. The van der Waals surface area contributed by atoms with Crippen molar-refractivity contribution in [1.29, 1.82) is 0 Å². The molecule has 0 N–H and O–H groups in total. The predicted octanol–water partition coefficient (Wildman–Crippen LogP) is 5.10. The van der Waals surface area contributed by atoms with E-state index in [1.54, 1.807) is 37.3 Å². The number of nitrogens with zero attached hydrogens (tertiary/aromatic N) is 3. The molecule has 0 aliphatic rings. The summed E-state index contributed by atoms with van der Waals surface area (Å²) in [6.45, 7) is 1.46. The van der Waals surface area contributed by atoms with E-state index in [-0.39, 0.29) is 18.3 Å². The van der Waals surface area contributed by atoms with Crippen LogP contribution in [0.25, 0.3) is 10.2 Å². The normalized spacial score (nSPS) is 10.7. The van der Waals surface area contributed by atoms with E-state index in [0.29, 0.717) is 28.7 Å².